The summed E-state index contributed by atoms with van der Waals surface area (Å²) in [7, 11) is 0. The van der Waals surface area contributed by atoms with E-state index in [4.69, 9.17) is 10.00 Å². The lowest BCUT2D eigenvalue weighted by atomic mass is 10.0. The molecule has 0 N–H and O–H groups in total. The van der Waals surface area contributed by atoms with Gasteiger partial charge in [-0.3, -0.25) is 4.79 Å². The number of nitrogens with zero attached hydrogens (tertiary/aromatic N) is 1. The number of rotatable bonds is 5. The summed E-state index contributed by atoms with van der Waals surface area (Å²) in [5.74, 6) is -0.717. The Kier molecular flexibility index (Phi) is 5.24. The van der Waals surface area contributed by atoms with E-state index >= 15 is 0 Å². The summed E-state index contributed by atoms with van der Waals surface area (Å²) in [5, 5.41) is 9.05. The summed E-state index contributed by atoms with van der Waals surface area (Å²) in [4.78, 5) is 11.4. The van der Waals surface area contributed by atoms with Gasteiger partial charge in [-0.25, -0.2) is 0 Å². The zero-order valence-electron chi connectivity index (χ0n) is 10.6. The minimum Gasteiger partial charge on any atom is -0.466 e. The number of benzene rings is 1. The van der Waals surface area contributed by atoms with Gasteiger partial charge < -0.3 is 9.47 Å². The van der Waals surface area contributed by atoms with Crippen LogP contribution in [0.2, 0.25) is 0 Å². The third kappa shape index (κ3) is 3.91. The first-order valence-electron chi connectivity index (χ1n) is 5.62. The second-order valence-corrected chi connectivity index (χ2v) is 3.72. The molecular formula is C13H13F2NO3. The fourth-order valence-electron chi connectivity index (χ4n) is 1.61. The number of hydrogen-bond acceptors (Lipinski definition) is 4. The van der Waals surface area contributed by atoms with E-state index in [-0.39, 0.29) is 24.3 Å². The number of esters is 1. The molecule has 0 radical (unpaired) electrons. The van der Waals surface area contributed by atoms with Gasteiger partial charge in [0.2, 0.25) is 0 Å². The molecule has 1 aromatic carbocycles. The van der Waals surface area contributed by atoms with E-state index in [0.29, 0.717) is 11.1 Å². The van der Waals surface area contributed by atoms with Gasteiger partial charge in [-0.1, -0.05) is 12.1 Å². The van der Waals surface area contributed by atoms with Gasteiger partial charge in [0, 0.05) is 0 Å². The van der Waals surface area contributed by atoms with Crippen molar-refractivity contribution in [2.75, 3.05) is 6.61 Å². The first-order chi connectivity index (χ1) is 8.99. The van der Waals surface area contributed by atoms with E-state index in [1.165, 1.54) is 12.1 Å². The highest BCUT2D eigenvalue weighted by molar-refractivity contribution is 5.74. The van der Waals surface area contributed by atoms with Crippen LogP contribution in [0, 0.1) is 18.3 Å². The van der Waals surface area contributed by atoms with Crippen molar-refractivity contribution in [3.8, 4) is 11.8 Å². The number of alkyl halides is 2. The third-order valence-corrected chi connectivity index (χ3v) is 2.40. The van der Waals surface area contributed by atoms with Gasteiger partial charge in [-0.05, 0) is 25.0 Å². The molecule has 0 fully saturated rings. The Balaban J connectivity index is 3.13. The summed E-state index contributed by atoms with van der Waals surface area (Å²) < 4.78 is 33.7. The number of carbonyl (C=O) groups excluding carboxylic acids is 1. The summed E-state index contributed by atoms with van der Waals surface area (Å²) in [6.07, 6.45) is -0.156. The van der Waals surface area contributed by atoms with Crippen LogP contribution in [-0.2, 0) is 16.0 Å². The van der Waals surface area contributed by atoms with Crippen molar-refractivity contribution in [1.82, 2.24) is 0 Å². The fourth-order valence-corrected chi connectivity index (χ4v) is 1.61. The molecule has 102 valence electrons. The van der Waals surface area contributed by atoms with Crippen molar-refractivity contribution in [3.63, 3.8) is 0 Å². The van der Waals surface area contributed by atoms with Crippen LogP contribution >= 0.6 is 0 Å². The van der Waals surface area contributed by atoms with Gasteiger partial charge in [0.15, 0.2) is 0 Å². The van der Waals surface area contributed by atoms with Crippen LogP contribution in [0.5, 0.6) is 5.75 Å². The summed E-state index contributed by atoms with van der Waals surface area (Å²) in [6.45, 7) is 0.395. The van der Waals surface area contributed by atoms with Crippen LogP contribution in [0.1, 0.15) is 23.6 Å². The van der Waals surface area contributed by atoms with Crippen LogP contribution in [0.4, 0.5) is 8.78 Å². The van der Waals surface area contributed by atoms with Crippen molar-refractivity contribution in [2.45, 2.75) is 26.9 Å². The summed E-state index contributed by atoms with van der Waals surface area (Å²) >= 11 is 0. The lowest BCUT2D eigenvalue weighted by Gasteiger charge is -2.12. The number of aryl methyl sites for hydroxylation is 1. The summed E-state index contributed by atoms with van der Waals surface area (Å²) in [5.41, 5.74) is 0.653. The SMILES string of the molecule is CCOC(=O)Cc1ccc(C)c(OC(F)F)c1C#N. The predicted octanol–water partition coefficient (Wildman–Crippen LogP) is 2.57. The van der Waals surface area contributed by atoms with Crippen LogP contribution in [-0.4, -0.2) is 19.2 Å². The van der Waals surface area contributed by atoms with E-state index in [1.807, 2.05) is 0 Å². The molecule has 0 aliphatic heterocycles. The lowest BCUT2D eigenvalue weighted by Crippen LogP contribution is -2.11. The van der Waals surface area contributed by atoms with E-state index in [9.17, 15) is 13.6 Å². The standard InChI is InChI=1S/C13H13F2NO3/c1-3-18-11(17)6-9-5-4-8(2)12(10(9)7-16)19-13(14)15/h4-5,13H,3,6H2,1-2H3. The smallest absolute Gasteiger partial charge is 0.387 e. The molecule has 0 unspecified atom stereocenters. The zero-order chi connectivity index (χ0) is 14.4. The highest BCUT2D eigenvalue weighted by Gasteiger charge is 2.18. The largest absolute Gasteiger partial charge is 0.466 e. The highest BCUT2D eigenvalue weighted by atomic mass is 19.3. The first kappa shape index (κ1) is 14.9. The van der Waals surface area contributed by atoms with Gasteiger partial charge in [-0.15, -0.1) is 0 Å². The average molecular weight is 269 g/mol. The topological polar surface area (TPSA) is 59.3 Å². The minimum atomic E-state index is -3.02. The molecule has 0 atom stereocenters. The molecule has 0 saturated heterocycles. The van der Waals surface area contributed by atoms with Gasteiger partial charge in [0.05, 0.1) is 18.6 Å². The molecule has 0 aliphatic carbocycles. The number of nitriles is 1. The molecule has 0 saturated carbocycles. The second-order valence-electron chi connectivity index (χ2n) is 3.72. The summed E-state index contributed by atoms with van der Waals surface area (Å²) in [6, 6.07) is 4.84. The predicted molar refractivity (Wildman–Crippen MR) is 62.9 cm³/mol. The Hall–Kier alpha value is -2.16. The van der Waals surface area contributed by atoms with E-state index in [0.717, 1.165) is 0 Å². The molecule has 4 nitrogen and oxygen atoms in total. The zero-order valence-corrected chi connectivity index (χ0v) is 10.6. The molecule has 0 aliphatic rings. The molecule has 1 rings (SSSR count). The Labute approximate surface area is 109 Å². The second kappa shape index (κ2) is 6.69. The Morgan fingerprint density at radius 2 is 2.16 bits per heavy atom. The van der Waals surface area contributed by atoms with Crippen molar-refractivity contribution in [1.29, 1.82) is 5.26 Å². The molecule has 0 amide bonds. The number of ether oxygens (including phenoxy) is 2. The van der Waals surface area contributed by atoms with Crippen molar-refractivity contribution in [3.05, 3.63) is 28.8 Å². The Morgan fingerprint density at radius 1 is 1.47 bits per heavy atom. The number of carbonyl (C=O) groups is 1. The van der Waals surface area contributed by atoms with E-state index < -0.39 is 12.6 Å². The fraction of sp³-hybridized carbons (Fsp3) is 0.385. The van der Waals surface area contributed by atoms with Gasteiger partial charge in [0.25, 0.3) is 0 Å². The van der Waals surface area contributed by atoms with Gasteiger partial charge in [-0.2, -0.15) is 14.0 Å². The van der Waals surface area contributed by atoms with Crippen LogP contribution in [0.15, 0.2) is 12.1 Å². The highest BCUT2D eigenvalue weighted by Crippen LogP contribution is 2.28. The molecule has 0 heterocycles. The molecule has 19 heavy (non-hydrogen) atoms. The Bertz CT molecular complexity index is 509. The van der Waals surface area contributed by atoms with Gasteiger partial charge >= 0.3 is 12.6 Å². The molecule has 6 heteroatoms. The molecule has 0 aromatic heterocycles. The average Bonchev–Trinajstić information content (AvgIpc) is 2.33. The molecule has 1 aromatic rings. The monoisotopic (exact) mass is 269 g/mol. The lowest BCUT2D eigenvalue weighted by molar-refractivity contribution is -0.142. The quantitative estimate of drug-likeness (QED) is 0.771. The molecule has 0 bridgehead atoms. The van der Waals surface area contributed by atoms with Crippen molar-refractivity contribution >= 4 is 5.97 Å². The van der Waals surface area contributed by atoms with Crippen LogP contribution in [0.3, 0.4) is 0 Å². The maximum absolute atomic E-state index is 12.3. The first-order valence-corrected chi connectivity index (χ1v) is 5.62. The van der Waals surface area contributed by atoms with E-state index in [1.54, 1.807) is 19.9 Å². The van der Waals surface area contributed by atoms with Crippen LogP contribution < -0.4 is 4.74 Å². The maximum atomic E-state index is 12.3. The van der Waals surface area contributed by atoms with Crippen molar-refractivity contribution in [2.24, 2.45) is 0 Å². The maximum Gasteiger partial charge on any atom is 0.387 e. The normalized spacial score (nSPS) is 10.1. The Morgan fingerprint density at radius 3 is 2.68 bits per heavy atom. The van der Waals surface area contributed by atoms with Crippen molar-refractivity contribution < 1.29 is 23.0 Å². The molecule has 0 spiro atoms. The number of halogens is 2. The molecular weight excluding hydrogens is 256 g/mol. The number of hydrogen-bond donors (Lipinski definition) is 0. The van der Waals surface area contributed by atoms with Gasteiger partial charge in [0.1, 0.15) is 11.8 Å². The third-order valence-electron chi connectivity index (χ3n) is 2.40. The minimum absolute atomic E-state index is 0.0617. The van der Waals surface area contributed by atoms with Crippen LogP contribution in [0.25, 0.3) is 0 Å². The van der Waals surface area contributed by atoms with E-state index in [2.05, 4.69) is 4.74 Å².